The summed E-state index contributed by atoms with van der Waals surface area (Å²) in [5.41, 5.74) is 0. The monoisotopic (exact) mass is 209 g/mol. The Hall–Kier alpha value is -0.0400. The largest absolute Gasteiger partial charge is 0.317 e. The first kappa shape index (κ1) is 11.4. The van der Waals surface area contributed by atoms with Gasteiger partial charge in [-0.25, -0.2) is 0 Å². The van der Waals surface area contributed by atoms with E-state index in [1.165, 1.54) is 64.5 Å². The van der Waals surface area contributed by atoms with Crippen LogP contribution in [0, 0.1) is 17.8 Å². The van der Waals surface area contributed by atoms with Crippen molar-refractivity contribution in [1.29, 1.82) is 0 Å². The van der Waals surface area contributed by atoms with Crippen molar-refractivity contribution in [3.63, 3.8) is 0 Å². The first-order valence-corrected chi connectivity index (χ1v) is 7.05. The van der Waals surface area contributed by atoms with Crippen LogP contribution in [-0.2, 0) is 0 Å². The van der Waals surface area contributed by atoms with E-state index in [-0.39, 0.29) is 0 Å². The van der Waals surface area contributed by atoms with Gasteiger partial charge in [0.2, 0.25) is 0 Å². The maximum atomic E-state index is 3.46. The zero-order chi connectivity index (χ0) is 10.5. The number of rotatable bonds is 3. The molecule has 2 unspecified atom stereocenters. The molecule has 0 aromatic rings. The number of nitrogens with one attached hydrogen (secondary N) is 1. The van der Waals surface area contributed by atoms with E-state index < -0.39 is 0 Å². The van der Waals surface area contributed by atoms with Crippen LogP contribution in [0.15, 0.2) is 0 Å². The molecule has 0 amide bonds. The molecule has 15 heavy (non-hydrogen) atoms. The van der Waals surface area contributed by atoms with Gasteiger partial charge in [-0.2, -0.15) is 0 Å². The average Bonchev–Trinajstić information content (AvgIpc) is 2.28. The Kier molecular flexibility index (Phi) is 4.49. The molecule has 88 valence electrons. The van der Waals surface area contributed by atoms with Crippen LogP contribution in [0.25, 0.3) is 0 Å². The molecule has 1 saturated carbocycles. The first-order chi connectivity index (χ1) is 7.34. The van der Waals surface area contributed by atoms with E-state index in [0.717, 1.165) is 17.8 Å². The number of hydrogen-bond acceptors (Lipinski definition) is 1. The third kappa shape index (κ3) is 3.79. The highest BCUT2D eigenvalue weighted by Crippen LogP contribution is 2.33. The molecule has 0 aromatic heterocycles. The highest BCUT2D eigenvalue weighted by molar-refractivity contribution is 4.74. The molecule has 1 saturated heterocycles. The van der Waals surface area contributed by atoms with Crippen LogP contribution in [0.2, 0.25) is 0 Å². The van der Waals surface area contributed by atoms with Gasteiger partial charge in [-0.3, -0.25) is 0 Å². The summed E-state index contributed by atoms with van der Waals surface area (Å²) in [7, 11) is 0. The van der Waals surface area contributed by atoms with Crippen LogP contribution < -0.4 is 5.32 Å². The molecule has 2 fully saturated rings. The van der Waals surface area contributed by atoms with E-state index in [1.807, 2.05) is 0 Å². The lowest BCUT2D eigenvalue weighted by Crippen LogP contribution is -2.28. The van der Waals surface area contributed by atoms with Crippen molar-refractivity contribution in [3.05, 3.63) is 0 Å². The Balaban J connectivity index is 1.63. The number of piperidine rings is 1. The molecule has 1 heterocycles. The van der Waals surface area contributed by atoms with E-state index in [1.54, 1.807) is 0 Å². The summed E-state index contributed by atoms with van der Waals surface area (Å²) in [6.45, 7) is 4.98. The molecule has 0 aromatic carbocycles. The zero-order valence-electron chi connectivity index (χ0n) is 10.3. The smallest absolute Gasteiger partial charge is 0.00463 e. The predicted molar refractivity (Wildman–Crippen MR) is 65.9 cm³/mol. The van der Waals surface area contributed by atoms with Crippen LogP contribution in [-0.4, -0.2) is 13.1 Å². The Bertz CT molecular complexity index is 172. The highest BCUT2D eigenvalue weighted by Gasteiger charge is 2.20. The van der Waals surface area contributed by atoms with Gasteiger partial charge in [-0.1, -0.05) is 39.0 Å². The quantitative estimate of drug-likeness (QED) is 0.749. The fourth-order valence-electron chi connectivity index (χ4n) is 3.46. The van der Waals surface area contributed by atoms with Crippen LogP contribution in [0.4, 0.5) is 0 Å². The van der Waals surface area contributed by atoms with Gasteiger partial charge < -0.3 is 5.32 Å². The molecule has 1 nitrogen and oxygen atoms in total. The van der Waals surface area contributed by atoms with E-state index in [0.29, 0.717) is 0 Å². The molecule has 1 N–H and O–H groups in total. The van der Waals surface area contributed by atoms with Crippen molar-refractivity contribution in [3.8, 4) is 0 Å². The molecule has 1 heteroatoms. The van der Waals surface area contributed by atoms with Gasteiger partial charge in [-0.05, 0) is 50.1 Å². The van der Waals surface area contributed by atoms with Gasteiger partial charge in [0.15, 0.2) is 0 Å². The normalized spacial score (nSPS) is 34.2. The number of hydrogen-bond donors (Lipinski definition) is 1. The lowest BCUT2D eigenvalue weighted by molar-refractivity contribution is 0.240. The van der Waals surface area contributed by atoms with Gasteiger partial charge in [0, 0.05) is 0 Å². The van der Waals surface area contributed by atoms with Crippen molar-refractivity contribution in [2.24, 2.45) is 17.8 Å². The standard InChI is InChI=1S/C14H27N/c1-12-3-2-4-14(11-12)6-5-13-7-9-15-10-8-13/h12-15H,2-11H2,1H3. The molecule has 1 aliphatic carbocycles. The highest BCUT2D eigenvalue weighted by atomic mass is 14.9. The summed E-state index contributed by atoms with van der Waals surface area (Å²) in [6, 6.07) is 0. The fraction of sp³-hybridized carbons (Fsp3) is 1.00. The summed E-state index contributed by atoms with van der Waals surface area (Å²) in [5, 5.41) is 3.46. The van der Waals surface area contributed by atoms with Crippen LogP contribution in [0.3, 0.4) is 0 Å². The van der Waals surface area contributed by atoms with Gasteiger partial charge in [0.1, 0.15) is 0 Å². The van der Waals surface area contributed by atoms with E-state index in [9.17, 15) is 0 Å². The predicted octanol–water partition coefficient (Wildman–Crippen LogP) is 3.59. The fourth-order valence-corrected chi connectivity index (χ4v) is 3.46. The third-order valence-electron chi connectivity index (χ3n) is 4.49. The molecule has 0 bridgehead atoms. The molecule has 2 aliphatic rings. The Morgan fingerprint density at radius 2 is 1.67 bits per heavy atom. The van der Waals surface area contributed by atoms with E-state index >= 15 is 0 Å². The van der Waals surface area contributed by atoms with Gasteiger partial charge >= 0.3 is 0 Å². The molecular weight excluding hydrogens is 182 g/mol. The van der Waals surface area contributed by atoms with Crippen molar-refractivity contribution in [1.82, 2.24) is 5.32 Å². The molecule has 2 atom stereocenters. The lowest BCUT2D eigenvalue weighted by Gasteiger charge is -2.29. The lowest BCUT2D eigenvalue weighted by atomic mass is 9.78. The summed E-state index contributed by atoms with van der Waals surface area (Å²) < 4.78 is 0. The second-order valence-corrected chi connectivity index (χ2v) is 5.91. The van der Waals surface area contributed by atoms with Crippen LogP contribution in [0.1, 0.15) is 58.3 Å². The summed E-state index contributed by atoms with van der Waals surface area (Å²) >= 11 is 0. The van der Waals surface area contributed by atoms with Crippen molar-refractivity contribution >= 4 is 0 Å². The average molecular weight is 209 g/mol. The molecule has 0 spiro atoms. The minimum Gasteiger partial charge on any atom is -0.317 e. The molecule has 1 aliphatic heterocycles. The van der Waals surface area contributed by atoms with Crippen molar-refractivity contribution in [2.45, 2.75) is 58.3 Å². The van der Waals surface area contributed by atoms with Gasteiger partial charge in [0.05, 0.1) is 0 Å². The van der Waals surface area contributed by atoms with Gasteiger partial charge in [-0.15, -0.1) is 0 Å². The maximum absolute atomic E-state index is 3.46. The van der Waals surface area contributed by atoms with Gasteiger partial charge in [0.25, 0.3) is 0 Å². The zero-order valence-corrected chi connectivity index (χ0v) is 10.3. The Labute approximate surface area is 95.0 Å². The van der Waals surface area contributed by atoms with Crippen LogP contribution >= 0.6 is 0 Å². The van der Waals surface area contributed by atoms with Crippen molar-refractivity contribution in [2.75, 3.05) is 13.1 Å². The Morgan fingerprint density at radius 3 is 2.40 bits per heavy atom. The Morgan fingerprint density at radius 1 is 0.933 bits per heavy atom. The minimum absolute atomic E-state index is 1.01. The van der Waals surface area contributed by atoms with E-state index in [2.05, 4.69) is 12.2 Å². The third-order valence-corrected chi connectivity index (χ3v) is 4.49. The second-order valence-electron chi connectivity index (χ2n) is 5.91. The molecule has 2 rings (SSSR count). The summed E-state index contributed by atoms with van der Waals surface area (Å²) in [4.78, 5) is 0. The second kappa shape index (κ2) is 5.89. The summed E-state index contributed by atoms with van der Waals surface area (Å²) in [6.07, 6.45) is 11.9. The van der Waals surface area contributed by atoms with Crippen LogP contribution in [0.5, 0.6) is 0 Å². The summed E-state index contributed by atoms with van der Waals surface area (Å²) in [5.74, 6) is 3.13. The SMILES string of the molecule is CC1CCCC(CCC2CCNCC2)C1. The molecule has 0 radical (unpaired) electrons. The first-order valence-electron chi connectivity index (χ1n) is 7.05. The van der Waals surface area contributed by atoms with E-state index in [4.69, 9.17) is 0 Å². The molecular formula is C14H27N. The maximum Gasteiger partial charge on any atom is -0.00463 e. The minimum atomic E-state index is 1.01. The van der Waals surface area contributed by atoms with Crippen molar-refractivity contribution < 1.29 is 0 Å². The topological polar surface area (TPSA) is 12.0 Å².